The van der Waals surface area contributed by atoms with Crippen LogP contribution >= 0.6 is 18.7 Å². The Morgan fingerprint density at radius 1 is 1.06 bits per heavy atom. The monoisotopic (exact) mass is 503 g/mol. The second kappa shape index (κ2) is 7.12. The summed E-state index contributed by atoms with van der Waals surface area (Å²) in [6.07, 6.45) is 2.36. The van der Waals surface area contributed by atoms with Gasteiger partial charge in [0.05, 0.1) is 17.1 Å². The highest BCUT2D eigenvalue weighted by Gasteiger charge is 2.42. The second-order valence-electron chi connectivity index (χ2n) is 9.56. The van der Waals surface area contributed by atoms with Crippen molar-refractivity contribution in [3.8, 4) is 22.5 Å². The Morgan fingerprint density at radius 3 is 2.66 bits per heavy atom. The minimum Gasteiger partial charge on any atom is -0.319 e. The molecule has 4 heterocycles. The fourth-order valence-electron chi connectivity index (χ4n) is 5.60. The summed E-state index contributed by atoms with van der Waals surface area (Å²) < 4.78 is 31.4. The number of fused-ring (bicyclic) bond motifs is 6. The highest BCUT2D eigenvalue weighted by molar-refractivity contribution is 7.70. The van der Waals surface area contributed by atoms with E-state index in [-0.39, 0.29) is 17.4 Å². The minimum atomic E-state index is -2.70. The first kappa shape index (κ1) is 21.0. The van der Waals surface area contributed by atoms with Crippen LogP contribution in [0.3, 0.4) is 0 Å². The quantitative estimate of drug-likeness (QED) is 0.281. The summed E-state index contributed by atoms with van der Waals surface area (Å²) in [6.45, 7) is 3.16. The van der Waals surface area contributed by atoms with Gasteiger partial charge in [-0.05, 0) is 54.8 Å². The molecule has 2 aliphatic rings. The minimum absolute atomic E-state index is 0.0207. The number of hydrogen-bond donors (Lipinski definition) is 0. The Balaban J connectivity index is 1.45. The van der Waals surface area contributed by atoms with Gasteiger partial charge in [0.25, 0.3) is 0 Å². The maximum Gasteiger partial charge on any atom is 0.159 e. The predicted octanol–water partition coefficient (Wildman–Crippen LogP) is 5.90. The van der Waals surface area contributed by atoms with Crippen molar-refractivity contribution in [1.29, 1.82) is 0 Å². The molecular formula is C26H20ClFN5OP. The summed E-state index contributed by atoms with van der Waals surface area (Å²) in [5.74, 6) is 1.27. The Hall–Kier alpha value is -3.28. The van der Waals surface area contributed by atoms with Gasteiger partial charge in [0.2, 0.25) is 0 Å². The van der Waals surface area contributed by atoms with Crippen LogP contribution in [0, 0.1) is 5.82 Å². The molecule has 35 heavy (non-hydrogen) atoms. The third kappa shape index (κ3) is 2.95. The van der Waals surface area contributed by atoms with Crippen LogP contribution in [0.25, 0.3) is 33.5 Å². The van der Waals surface area contributed by atoms with Crippen LogP contribution in [0.15, 0.2) is 60.9 Å². The van der Waals surface area contributed by atoms with Gasteiger partial charge >= 0.3 is 0 Å². The van der Waals surface area contributed by atoms with Crippen molar-refractivity contribution in [3.63, 3.8) is 0 Å². The third-order valence-electron chi connectivity index (χ3n) is 7.13. The largest absolute Gasteiger partial charge is 0.319 e. The number of hydrogen-bond acceptors (Lipinski definition) is 4. The first-order valence-electron chi connectivity index (χ1n) is 11.4. The van der Waals surface area contributed by atoms with E-state index in [1.165, 1.54) is 6.07 Å². The molecule has 0 radical (unpaired) electrons. The van der Waals surface area contributed by atoms with Gasteiger partial charge in [0.1, 0.15) is 31.2 Å². The molecule has 0 amide bonds. The summed E-state index contributed by atoms with van der Waals surface area (Å²) in [5.41, 5.74) is 5.42. The predicted molar refractivity (Wildman–Crippen MR) is 136 cm³/mol. The van der Waals surface area contributed by atoms with E-state index in [4.69, 9.17) is 16.6 Å². The van der Waals surface area contributed by atoms with Crippen molar-refractivity contribution in [2.75, 3.05) is 13.3 Å². The second-order valence-corrected chi connectivity index (χ2v) is 13.1. The average Bonchev–Trinajstić information content (AvgIpc) is 3.49. The third-order valence-corrected chi connectivity index (χ3v) is 8.98. The van der Waals surface area contributed by atoms with Crippen molar-refractivity contribution >= 4 is 35.1 Å². The molecule has 9 heteroatoms. The van der Waals surface area contributed by atoms with Crippen LogP contribution in [0.5, 0.6) is 0 Å². The lowest BCUT2D eigenvalue weighted by Gasteiger charge is -2.19. The number of rotatable bonds is 2. The topological polar surface area (TPSA) is 65.6 Å². The van der Waals surface area contributed by atoms with E-state index in [9.17, 15) is 8.96 Å². The molecule has 6 nitrogen and oxygen atoms in total. The first-order valence-corrected chi connectivity index (χ1v) is 14.3. The van der Waals surface area contributed by atoms with Crippen molar-refractivity contribution in [1.82, 2.24) is 24.3 Å². The van der Waals surface area contributed by atoms with E-state index in [1.807, 2.05) is 47.1 Å². The van der Waals surface area contributed by atoms with E-state index in [0.717, 1.165) is 51.4 Å². The molecule has 5 aromatic rings. The molecule has 2 aliphatic heterocycles. The molecule has 3 aromatic carbocycles. The molecule has 2 atom stereocenters. The molecule has 0 saturated carbocycles. The highest BCUT2D eigenvalue weighted by Crippen LogP contribution is 2.50. The molecule has 0 aliphatic carbocycles. The number of imidazole rings is 1. The number of halogens is 2. The zero-order valence-electron chi connectivity index (χ0n) is 19.0. The SMILES string of the molecule is CP(C)(=O)c1ccc(-c2ccc3nc4n(c3c2)[C@@H]2C[C@@H]4n3ncnc3-c3cccc(Cl)c32)cc1F. The smallest absolute Gasteiger partial charge is 0.159 e. The summed E-state index contributed by atoms with van der Waals surface area (Å²) in [6, 6.07) is 16.7. The van der Waals surface area contributed by atoms with Crippen LogP contribution < -0.4 is 5.30 Å². The molecule has 0 N–H and O–H groups in total. The van der Waals surface area contributed by atoms with E-state index in [1.54, 1.807) is 25.7 Å². The van der Waals surface area contributed by atoms with Crippen LogP contribution in [0.1, 0.15) is 29.9 Å². The van der Waals surface area contributed by atoms with Gasteiger partial charge < -0.3 is 9.13 Å². The van der Waals surface area contributed by atoms with Crippen molar-refractivity contribution in [3.05, 3.63) is 83.2 Å². The van der Waals surface area contributed by atoms with Gasteiger partial charge in [-0.2, -0.15) is 5.10 Å². The summed E-state index contributed by atoms with van der Waals surface area (Å²) >= 11 is 6.77. The van der Waals surface area contributed by atoms with Gasteiger partial charge in [0, 0.05) is 27.9 Å². The summed E-state index contributed by atoms with van der Waals surface area (Å²) in [4.78, 5) is 9.51. The van der Waals surface area contributed by atoms with E-state index < -0.39 is 13.0 Å². The molecule has 7 rings (SSSR count). The molecular weight excluding hydrogens is 484 g/mol. The van der Waals surface area contributed by atoms with E-state index in [2.05, 4.69) is 14.6 Å². The summed E-state index contributed by atoms with van der Waals surface area (Å²) in [5, 5.41) is 5.50. The Kier molecular flexibility index (Phi) is 4.28. The fourth-order valence-corrected chi connectivity index (χ4v) is 6.91. The van der Waals surface area contributed by atoms with Gasteiger partial charge in [0.15, 0.2) is 5.82 Å². The molecule has 0 unspecified atom stereocenters. The Labute approximate surface area is 205 Å². The zero-order chi connectivity index (χ0) is 24.1. The average molecular weight is 504 g/mol. The summed E-state index contributed by atoms with van der Waals surface area (Å²) in [7, 11) is -2.70. The van der Waals surface area contributed by atoms with E-state index in [0.29, 0.717) is 5.02 Å². The maximum absolute atomic E-state index is 14.8. The highest BCUT2D eigenvalue weighted by atomic mass is 35.5. The van der Waals surface area contributed by atoms with Crippen molar-refractivity contribution in [2.45, 2.75) is 18.5 Å². The first-order chi connectivity index (χ1) is 16.8. The van der Waals surface area contributed by atoms with Crippen LogP contribution in [0.4, 0.5) is 4.39 Å². The molecule has 0 fully saturated rings. The van der Waals surface area contributed by atoms with E-state index >= 15 is 0 Å². The lowest BCUT2D eigenvalue weighted by Crippen LogP contribution is -2.12. The van der Waals surface area contributed by atoms with Crippen molar-refractivity contribution < 1.29 is 8.96 Å². The number of benzene rings is 3. The van der Waals surface area contributed by atoms with Crippen molar-refractivity contribution in [2.24, 2.45) is 0 Å². The number of nitrogens with zero attached hydrogens (tertiary/aromatic N) is 5. The Morgan fingerprint density at radius 2 is 1.86 bits per heavy atom. The molecule has 0 saturated heterocycles. The fraction of sp³-hybridized carbons (Fsp3) is 0.192. The van der Waals surface area contributed by atoms with Gasteiger partial charge in [-0.1, -0.05) is 35.9 Å². The standard InChI is InChI=1S/C26H20ClFN5OP/c1-35(2,34)23-9-7-14(10-18(23)28)15-6-8-19-20(11-15)32-21-12-22(26(32)31-19)33-25(29-13-30-33)16-4-3-5-17(27)24(16)21/h3-11,13,21-22H,12H2,1-2H3/t21-,22+/m1/s1. The van der Waals surface area contributed by atoms with Gasteiger partial charge in [-0.3, -0.25) is 0 Å². The van der Waals surface area contributed by atoms with Crippen LogP contribution in [0.2, 0.25) is 5.02 Å². The normalized spacial score (nSPS) is 18.3. The molecule has 174 valence electrons. The van der Waals surface area contributed by atoms with Crippen LogP contribution in [-0.2, 0) is 4.57 Å². The lowest BCUT2D eigenvalue weighted by molar-refractivity contribution is 0.504. The molecule has 0 spiro atoms. The van der Waals surface area contributed by atoms with Gasteiger partial charge in [-0.25, -0.2) is 19.0 Å². The maximum atomic E-state index is 14.8. The molecule has 2 aromatic heterocycles. The number of aromatic nitrogens is 5. The van der Waals surface area contributed by atoms with Gasteiger partial charge in [-0.15, -0.1) is 0 Å². The molecule has 2 bridgehead atoms. The van der Waals surface area contributed by atoms with Crippen LogP contribution in [-0.4, -0.2) is 37.6 Å². The lowest BCUT2D eigenvalue weighted by atomic mass is 9.98. The Bertz CT molecular complexity index is 1740. The zero-order valence-corrected chi connectivity index (χ0v) is 20.6.